The molecule has 0 radical (unpaired) electrons. The van der Waals surface area contributed by atoms with Crippen LogP contribution in [0.25, 0.3) is 4.96 Å². The van der Waals surface area contributed by atoms with E-state index in [-0.39, 0.29) is 0 Å². The number of aromatic nitrogens is 4. The molecule has 0 aliphatic heterocycles. The van der Waals surface area contributed by atoms with E-state index in [9.17, 15) is 0 Å². The fraction of sp³-hybridized carbons (Fsp3) is 0.750. The molecule has 0 aromatic carbocycles. The maximum atomic E-state index is 5.84. The molecule has 2 aromatic heterocycles. The number of nitrogens with two attached hydrogens (primary N) is 1. The zero-order valence-electron chi connectivity index (χ0n) is 11.3. The van der Waals surface area contributed by atoms with Gasteiger partial charge in [0, 0.05) is 12.8 Å². The van der Waals surface area contributed by atoms with Crippen molar-refractivity contribution in [3.05, 3.63) is 10.8 Å². The second kappa shape index (κ2) is 5.75. The molecule has 0 aliphatic carbocycles. The maximum absolute atomic E-state index is 5.84. The lowest BCUT2D eigenvalue weighted by molar-refractivity contribution is 0.413. The van der Waals surface area contributed by atoms with Gasteiger partial charge >= 0.3 is 0 Å². The molecule has 1 unspecified atom stereocenters. The topological polar surface area (TPSA) is 69.1 Å². The van der Waals surface area contributed by atoms with Crippen molar-refractivity contribution < 1.29 is 0 Å². The van der Waals surface area contributed by atoms with Crippen molar-refractivity contribution in [3.63, 3.8) is 0 Å². The van der Waals surface area contributed by atoms with Crippen molar-refractivity contribution in [2.45, 2.75) is 40.0 Å². The minimum absolute atomic E-state index is 0.513. The lowest BCUT2D eigenvalue weighted by atomic mass is 9.95. The van der Waals surface area contributed by atoms with Gasteiger partial charge in [0.25, 0.3) is 0 Å². The predicted molar refractivity (Wildman–Crippen MR) is 73.7 cm³/mol. The van der Waals surface area contributed by atoms with E-state index in [2.05, 4.69) is 36.1 Å². The summed E-state index contributed by atoms with van der Waals surface area (Å²) in [5.41, 5.74) is 5.84. The van der Waals surface area contributed by atoms with Gasteiger partial charge in [-0.15, -0.1) is 10.2 Å². The highest BCUT2D eigenvalue weighted by atomic mass is 32.1. The minimum Gasteiger partial charge on any atom is -0.330 e. The van der Waals surface area contributed by atoms with Crippen LogP contribution in [-0.2, 0) is 12.8 Å². The predicted octanol–water partition coefficient (Wildman–Crippen LogP) is 1.91. The summed E-state index contributed by atoms with van der Waals surface area (Å²) in [4.78, 5) is 0.891. The number of rotatable bonds is 6. The highest BCUT2D eigenvalue weighted by Crippen LogP contribution is 2.20. The molecule has 2 aromatic rings. The van der Waals surface area contributed by atoms with Crippen LogP contribution < -0.4 is 5.73 Å². The van der Waals surface area contributed by atoms with Crippen LogP contribution in [0.2, 0.25) is 0 Å². The molecule has 6 heteroatoms. The zero-order valence-corrected chi connectivity index (χ0v) is 12.1. The van der Waals surface area contributed by atoms with Crippen molar-refractivity contribution in [2.24, 2.45) is 17.6 Å². The second-order valence-corrected chi connectivity index (χ2v) is 6.14. The zero-order chi connectivity index (χ0) is 13.1. The van der Waals surface area contributed by atoms with Crippen LogP contribution in [-0.4, -0.2) is 26.4 Å². The van der Waals surface area contributed by atoms with Crippen molar-refractivity contribution in [2.75, 3.05) is 6.54 Å². The standard InChI is InChI=1S/C12H21N5S/c1-4-10-14-15-12-17(10)16-11(18-12)6-9(7-13)5-8(2)3/h8-9H,4-7,13H2,1-3H3. The average Bonchev–Trinajstić information content (AvgIpc) is 2.86. The largest absolute Gasteiger partial charge is 0.330 e. The first-order valence-electron chi connectivity index (χ1n) is 6.54. The fourth-order valence-corrected chi connectivity index (χ4v) is 3.14. The van der Waals surface area contributed by atoms with Crippen molar-refractivity contribution >= 4 is 16.3 Å². The fourth-order valence-electron chi connectivity index (χ4n) is 2.18. The Bertz CT molecular complexity index is 502. The smallest absolute Gasteiger partial charge is 0.234 e. The van der Waals surface area contributed by atoms with Crippen LogP contribution >= 0.6 is 11.3 Å². The molecule has 5 nitrogen and oxygen atoms in total. The van der Waals surface area contributed by atoms with Gasteiger partial charge in [0.1, 0.15) is 5.01 Å². The van der Waals surface area contributed by atoms with E-state index in [1.165, 1.54) is 0 Å². The molecule has 0 amide bonds. The van der Waals surface area contributed by atoms with Gasteiger partial charge in [0.2, 0.25) is 4.96 Å². The van der Waals surface area contributed by atoms with Crippen LogP contribution in [0.3, 0.4) is 0 Å². The second-order valence-electron chi connectivity index (χ2n) is 5.10. The number of fused-ring (bicyclic) bond motifs is 1. The molecule has 0 saturated heterocycles. The van der Waals surface area contributed by atoms with E-state index in [0.717, 1.165) is 41.6 Å². The molecular weight excluding hydrogens is 246 g/mol. The van der Waals surface area contributed by atoms with Crippen molar-refractivity contribution in [1.82, 2.24) is 19.8 Å². The third-order valence-corrected chi connectivity index (χ3v) is 3.94. The number of aryl methyl sites for hydroxylation is 1. The van der Waals surface area contributed by atoms with E-state index in [1.807, 2.05) is 4.52 Å². The molecule has 2 heterocycles. The van der Waals surface area contributed by atoms with Crippen molar-refractivity contribution in [3.8, 4) is 0 Å². The van der Waals surface area contributed by atoms with Gasteiger partial charge in [-0.2, -0.15) is 9.61 Å². The number of hydrogen-bond donors (Lipinski definition) is 1. The molecule has 2 N–H and O–H groups in total. The third-order valence-electron chi connectivity index (χ3n) is 3.01. The summed E-state index contributed by atoms with van der Waals surface area (Å²) in [5.74, 6) is 2.12. The Morgan fingerprint density at radius 2 is 2.11 bits per heavy atom. The van der Waals surface area contributed by atoms with E-state index in [1.54, 1.807) is 11.3 Å². The van der Waals surface area contributed by atoms with Gasteiger partial charge in [0.05, 0.1) is 0 Å². The van der Waals surface area contributed by atoms with Gasteiger partial charge in [-0.25, -0.2) is 0 Å². The lowest BCUT2D eigenvalue weighted by Gasteiger charge is -2.14. The summed E-state index contributed by atoms with van der Waals surface area (Å²) >= 11 is 1.63. The van der Waals surface area contributed by atoms with E-state index >= 15 is 0 Å². The Morgan fingerprint density at radius 1 is 1.33 bits per heavy atom. The SMILES string of the molecule is CCc1nnc2sc(CC(CN)CC(C)C)nn12. The monoisotopic (exact) mass is 267 g/mol. The molecular formula is C12H21N5S. The third kappa shape index (κ3) is 2.87. The summed E-state index contributed by atoms with van der Waals surface area (Å²) in [6, 6.07) is 0. The van der Waals surface area contributed by atoms with Crippen LogP contribution in [0.4, 0.5) is 0 Å². The molecule has 18 heavy (non-hydrogen) atoms. The van der Waals surface area contributed by atoms with Crippen LogP contribution in [0, 0.1) is 11.8 Å². The minimum atomic E-state index is 0.513. The molecule has 0 spiro atoms. The lowest BCUT2D eigenvalue weighted by Crippen LogP contribution is -2.18. The van der Waals surface area contributed by atoms with Crippen LogP contribution in [0.5, 0.6) is 0 Å². The first kappa shape index (κ1) is 13.4. The quantitative estimate of drug-likeness (QED) is 0.868. The van der Waals surface area contributed by atoms with Gasteiger partial charge in [-0.1, -0.05) is 32.1 Å². The van der Waals surface area contributed by atoms with Gasteiger partial charge in [-0.3, -0.25) is 0 Å². The Hall–Kier alpha value is -1.01. The Balaban J connectivity index is 2.13. The summed E-state index contributed by atoms with van der Waals surface area (Å²) in [7, 11) is 0. The summed E-state index contributed by atoms with van der Waals surface area (Å²) in [6.45, 7) is 7.25. The van der Waals surface area contributed by atoms with Gasteiger partial charge < -0.3 is 5.73 Å². The molecule has 1 atom stereocenters. The number of hydrogen-bond acceptors (Lipinski definition) is 5. The highest BCUT2D eigenvalue weighted by molar-refractivity contribution is 7.16. The highest BCUT2D eigenvalue weighted by Gasteiger charge is 2.15. The van der Waals surface area contributed by atoms with Crippen LogP contribution in [0.1, 0.15) is 38.0 Å². The summed E-state index contributed by atoms with van der Waals surface area (Å²) in [6.07, 6.45) is 2.96. The average molecular weight is 267 g/mol. The summed E-state index contributed by atoms with van der Waals surface area (Å²) in [5, 5.41) is 14.0. The maximum Gasteiger partial charge on any atom is 0.234 e. The van der Waals surface area contributed by atoms with Crippen molar-refractivity contribution in [1.29, 1.82) is 0 Å². The Kier molecular flexibility index (Phi) is 4.29. The van der Waals surface area contributed by atoms with E-state index in [4.69, 9.17) is 5.73 Å². The molecule has 0 fully saturated rings. The first-order valence-corrected chi connectivity index (χ1v) is 7.35. The molecule has 0 saturated carbocycles. The Morgan fingerprint density at radius 3 is 2.72 bits per heavy atom. The molecule has 0 bridgehead atoms. The molecule has 100 valence electrons. The van der Waals surface area contributed by atoms with E-state index in [0.29, 0.717) is 11.8 Å². The normalized spacial score (nSPS) is 13.6. The summed E-state index contributed by atoms with van der Waals surface area (Å²) < 4.78 is 1.86. The first-order chi connectivity index (χ1) is 8.63. The molecule has 0 aliphatic rings. The molecule has 2 rings (SSSR count). The number of nitrogens with zero attached hydrogens (tertiary/aromatic N) is 4. The Labute approximate surface area is 111 Å². The van der Waals surface area contributed by atoms with E-state index < -0.39 is 0 Å². The van der Waals surface area contributed by atoms with Gasteiger partial charge in [0.15, 0.2) is 5.82 Å². The van der Waals surface area contributed by atoms with Crippen LogP contribution in [0.15, 0.2) is 0 Å². The van der Waals surface area contributed by atoms with Gasteiger partial charge in [-0.05, 0) is 24.8 Å².